The van der Waals surface area contributed by atoms with Gasteiger partial charge in [0.2, 0.25) is 0 Å². The third-order valence-corrected chi connectivity index (χ3v) is 4.59. The average molecular weight is 480 g/mol. The number of nitrogens with zero attached hydrogens (tertiary/aromatic N) is 2. The second-order valence-corrected chi connectivity index (χ2v) is 6.76. The van der Waals surface area contributed by atoms with Gasteiger partial charge in [-0.1, -0.05) is 0 Å². The van der Waals surface area contributed by atoms with Crippen molar-refractivity contribution >= 4 is 22.0 Å². The largest absolute Gasteiger partial charge is 0.494 e. The van der Waals surface area contributed by atoms with E-state index in [0.29, 0.717) is 15.9 Å². The number of rotatable bonds is 7. The summed E-state index contributed by atoms with van der Waals surface area (Å²) in [5, 5.41) is 1.67. The quantitative estimate of drug-likeness (QED) is 0.545. The van der Waals surface area contributed by atoms with Crippen molar-refractivity contribution in [1.29, 1.82) is 0 Å². The molecule has 160 valence electrons. The molecule has 0 aliphatic heterocycles. The summed E-state index contributed by atoms with van der Waals surface area (Å²) in [6.45, 7) is 3.10. The van der Waals surface area contributed by atoms with E-state index in [1.165, 1.54) is 20.2 Å². The number of ether oxygens (including phenoxy) is 1. The van der Waals surface area contributed by atoms with Gasteiger partial charge in [-0.3, -0.25) is 4.98 Å². The number of amides is 2. The Morgan fingerprint density at radius 1 is 1.32 bits per heavy atom. The summed E-state index contributed by atoms with van der Waals surface area (Å²) in [5.41, 5.74) is 0.364. The van der Waals surface area contributed by atoms with Crippen LogP contribution in [0, 0.1) is 0 Å². The van der Waals surface area contributed by atoms with Crippen LogP contribution in [-0.4, -0.2) is 48.0 Å². The molecule has 0 aliphatic rings. The number of alkyl halides is 6. The van der Waals surface area contributed by atoms with E-state index in [1.807, 2.05) is 0 Å². The number of methoxy groups -OCH3 is 1. The molecule has 0 saturated heterocycles. The van der Waals surface area contributed by atoms with Gasteiger partial charge in [0.05, 0.1) is 29.5 Å². The van der Waals surface area contributed by atoms with Crippen molar-refractivity contribution in [2.45, 2.75) is 51.1 Å². The molecule has 2 amide bonds. The van der Waals surface area contributed by atoms with Crippen LogP contribution >= 0.6 is 15.9 Å². The number of urea groups is 1. The van der Waals surface area contributed by atoms with Crippen LogP contribution < -0.4 is 10.1 Å². The first-order valence-electron chi connectivity index (χ1n) is 8.20. The fraction of sp³-hybridized carbons (Fsp3) is 0.625. The molecule has 1 heterocycles. The van der Waals surface area contributed by atoms with Crippen LogP contribution in [0.2, 0.25) is 0 Å². The summed E-state index contributed by atoms with van der Waals surface area (Å²) in [6, 6.07) is -2.93. The van der Waals surface area contributed by atoms with Crippen LogP contribution in [0.3, 0.4) is 0 Å². The molecule has 0 unspecified atom stereocenters. The van der Waals surface area contributed by atoms with E-state index in [1.54, 1.807) is 18.3 Å². The van der Waals surface area contributed by atoms with Crippen molar-refractivity contribution in [3.63, 3.8) is 0 Å². The van der Waals surface area contributed by atoms with Gasteiger partial charge in [-0.15, -0.1) is 0 Å². The van der Waals surface area contributed by atoms with Crippen molar-refractivity contribution in [3.8, 4) is 5.75 Å². The zero-order valence-corrected chi connectivity index (χ0v) is 16.9. The maximum atomic E-state index is 13.1. The summed E-state index contributed by atoms with van der Waals surface area (Å²) < 4.78 is 81.6. The first-order valence-corrected chi connectivity index (χ1v) is 8.99. The highest BCUT2D eigenvalue weighted by Gasteiger charge is 2.43. The highest BCUT2D eigenvalue weighted by Crippen LogP contribution is 2.31. The predicted octanol–water partition coefficient (Wildman–Crippen LogP) is 5.22. The molecular weight excluding hydrogens is 460 g/mol. The predicted molar refractivity (Wildman–Crippen MR) is 92.9 cm³/mol. The zero-order chi connectivity index (χ0) is 21.7. The second kappa shape index (κ2) is 9.66. The number of carbonyl (C=O) groups excluding carboxylic acids is 1. The molecule has 0 bridgehead atoms. The summed E-state index contributed by atoms with van der Waals surface area (Å²) >= 11 is 3.25. The van der Waals surface area contributed by atoms with Crippen molar-refractivity contribution < 1.29 is 35.9 Å². The number of aromatic nitrogens is 1. The van der Waals surface area contributed by atoms with E-state index in [0.717, 1.165) is 4.90 Å². The lowest BCUT2D eigenvalue weighted by molar-refractivity contribution is -0.171. The van der Waals surface area contributed by atoms with Gasteiger partial charge in [0.1, 0.15) is 6.04 Å². The van der Waals surface area contributed by atoms with Crippen molar-refractivity contribution in [3.05, 3.63) is 22.4 Å². The van der Waals surface area contributed by atoms with E-state index in [4.69, 9.17) is 4.74 Å². The van der Waals surface area contributed by atoms with Crippen LogP contribution in [0.15, 0.2) is 16.7 Å². The minimum absolute atomic E-state index is 0.0160. The van der Waals surface area contributed by atoms with E-state index >= 15 is 0 Å². The molecule has 2 atom stereocenters. The van der Waals surface area contributed by atoms with Gasteiger partial charge >= 0.3 is 18.4 Å². The van der Waals surface area contributed by atoms with Crippen molar-refractivity contribution in [2.24, 2.45) is 0 Å². The Morgan fingerprint density at radius 2 is 1.93 bits per heavy atom. The Bertz CT molecular complexity index is 669. The smallest absolute Gasteiger partial charge is 0.408 e. The molecule has 1 N–H and O–H groups in total. The minimum Gasteiger partial charge on any atom is -0.494 e. The second-order valence-electron chi connectivity index (χ2n) is 5.90. The third-order valence-electron chi connectivity index (χ3n) is 3.97. The molecule has 0 spiro atoms. The summed E-state index contributed by atoms with van der Waals surface area (Å²) in [6.07, 6.45) is -11.3. The van der Waals surface area contributed by atoms with E-state index in [-0.39, 0.29) is 6.54 Å². The van der Waals surface area contributed by atoms with Gasteiger partial charge in [0.15, 0.2) is 5.75 Å². The van der Waals surface area contributed by atoms with E-state index in [2.05, 4.69) is 20.9 Å². The number of halogens is 7. The molecule has 0 radical (unpaired) electrons. The van der Waals surface area contributed by atoms with Gasteiger partial charge in [-0.05, 0) is 42.3 Å². The SMILES string of the molecule is CCN(C(=O)N[C@@H](CCC(F)(F)F)C(F)(F)F)[C@H](C)c1cc(Br)c(OC)cn1. The lowest BCUT2D eigenvalue weighted by Gasteiger charge is -2.31. The Balaban J connectivity index is 2.96. The fourth-order valence-electron chi connectivity index (χ4n) is 2.42. The van der Waals surface area contributed by atoms with Gasteiger partial charge in [0, 0.05) is 13.0 Å². The molecular formula is C16H20BrF6N3O2. The summed E-state index contributed by atoms with van der Waals surface area (Å²) in [5.74, 6) is 0.424. The summed E-state index contributed by atoms with van der Waals surface area (Å²) in [4.78, 5) is 17.5. The van der Waals surface area contributed by atoms with Crippen LogP contribution in [-0.2, 0) is 0 Å². The molecule has 1 rings (SSSR count). The number of nitrogens with one attached hydrogen (secondary N) is 1. The Hall–Kier alpha value is -1.72. The third kappa shape index (κ3) is 7.02. The Labute approximate surface area is 166 Å². The normalized spacial score (nSPS) is 14.4. The maximum absolute atomic E-state index is 13.1. The molecule has 0 saturated carbocycles. The van der Waals surface area contributed by atoms with E-state index in [9.17, 15) is 31.1 Å². The van der Waals surface area contributed by atoms with Crippen LogP contribution in [0.5, 0.6) is 5.75 Å². The highest BCUT2D eigenvalue weighted by molar-refractivity contribution is 9.10. The minimum atomic E-state index is -5.01. The molecule has 1 aromatic heterocycles. The first kappa shape index (κ1) is 24.3. The van der Waals surface area contributed by atoms with Gasteiger partial charge in [-0.25, -0.2) is 4.79 Å². The Kier molecular flexibility index (Phi) is 8.39. The first-order chi connectivity index (χ1) is 12.8. The van der Waals surface area contributed by atoms with Crippen LogP contribution in [0.25, 0.3) is 0 Å². The highest BCUT2D eigenvalue weighted by atomic mass is 79.9. The topological polar surface area (TPSA) is 54.5 Å². The molecule has 0 aromatic carbocycles. The van der Waals surface area contributed by atoms with Crippen LogP contribution in [0.4, 0.5) is 31.1 Å². The lowest BCUT2D eigenvalue weighted by atomic mass is 10.1. The molecule has 5 nitrogen and oxygen atoms in total. The molecule has 12 heteroatoms. The van der Waals surface area contributed by atoms with Gasteiger partial charge in [-0.2, -0.15) is 26.3 Å². The number of carbonyl (C=O) groups is 1. The number of hydrogen-bond donors (Lipinski definition) is 1. The van der Waals surface area contributed by atoms with Crippen molar-refractivity contribution in [1.82, 2.24) is 15.2 Å². The summed E-state index contributed by atoms with van der Waals surface area (Å²) in [7, 11) is 1.43. The lowest BCUT2D eigenvalue weighted by Crippen LogP contribution is -2.51. The zero-order valence-electron chi connectivity index (χ0n) is 15.3. The fourth-order valence-corrected chi connectivity index (χ4v) is 2.92. The van der Waals surface area contributed by atoms with Gasteiger partial charge in [0.25, 0.3) is 0 Å². The van der Waals surface area contributed by atoms with Crippen LogP contribution in [0.1, 0.15) is 38.4 Å². The van der Waals surface area contributed by atoms with E-state index < -0.39 is 43.3 Å². The molecule has 0 aliphatic carbocycles. The van der Waals surface area contributed by atoms with Gasteiger partial charge < -0.3 is 15.0 Å². The number of pyridine rings is 1. The molecule has 0 fully saturated rings. The monoisotopic (exact) mass is 479 g/mol. The maximum Gasteiger partial charge on any atom is 0.408 e. The average Bonchev–Trinajstić information content (AvgIpc) is 2.57. The number of hydrogen-bond acceptors (Lipinski definition) is 3. The molecule has 1 aromatic rings. The molecule has 28 heavy (non-hydrogen) atoms. The van der Waals surface area contributed by atoms with Crippen molar-refractivity contribution in [2.75, 3.05) is 13.7 Å². The Morgan fingerprint density at radius 3 is 2.36 bits per heavy atom. The standard InChI is InChI=1S/C16H20BrF6N3O2/c1-4-26(9(2)11-7-10(17)12(28-3)8-24-11)14(27)25-13(16(21,22)23)5-6-15(18,19)20/h7-9,13H,4-6H2,1-3H3,(H,25,27)/t9-,13+/m1/s1.